The van der Waals surface area contributed by atoms with Gasteiger partial charge in [-0.1, -0.05) is 139 Å². The lowest BCUT2D eigenvalue weighted by molar-refractivity contribution is -0.122. The van der Waals surface area contributed by atoms with E-state index in [2.05, 4.69) is 37.4 Å². The number of amides is 1. The Hall–Kier alpha value is -1.95. The second kappa shape index (κ2) is 31.0. The second-order valence-electron chi connectivity index (χ2n) is 11.1. The van der Waals surface area contributed by atoms with E-state index in [0.717, 1.165) is 32.1 Å². The summed E-state index contributed by atoms with van der Waals surface area (Å²) in [5.74, 6) is -0.169. The number of aliphatic hydroxyl groups excluding tert-OH is 3. The van der Waals surface area contributed by atoms with E-state index in [1.54, 1.807) is 12.2 Å². The third kappa shape index (κ3) is 28.0. The molecule has 0 aliphatic carbocycles. The molecule has 0 radical (unpaired) electrons. The van der Waals surface area contributed by atoms with Crippen LogP contribution in [0.5, 0.6) is 0 Å². The molecule has 0 aromatic rings. The molecule has 0 heterocycles. The molecule has 3 atom stereocenters. The van der Waals surface area contributed by atoms with Crippen molar-refractivity contribution in [1.29, 1.82) is 0 Å². The SMILES string of the molecule is CCCCC/C=C\C/C=C\CC(O)/C=C\C=C\CCCC(=O)N[C@@H](CO)[C@H](O)/C=C/CCCCCCCCCCC. The summed E-state index contributed by atoms with van der Waals surface area (Å²) in [6.07, 6.45) is 38.9. The summed E-state index contributed by atoms with van der Waals surface area (Å²) >= 11 is 0. The number of hydrogen-bond acceptors (Lipinski definition) is 4. The van der Waals surface area contributed by atoms with Gasteiger partial charge < -0.3 is 20.6 Å². The van der Waals surface area contributed by atoms with Gasteiger partial charge in [0, 0.05) is 6.42 Å². The van der Waals surface area contributed by atoms with Gasteiger partial charge in [-0.25, -0.2) is 0 Å². The summed E-state index contributed by atoms with van der Waals surface area (Å²) in [7, 11) is 0. The van der Waals surface area contributed by atoms with E-state index >= 15 is 0 Å². The van der Waals surface area contributed by atoms with Crippen LogP contribution >= 0.6 is 0 Å². The summed E-state index contributed by atoms with van der Waals surface area (Å²) in [5, 5.41) is 32.7. The zero-order chi connectivity index (χ0) is 30.2. The highest BCUT2D eigenvalue weighted by Gasteiger charge is 2.17. The van der Waals surface area contributed by atoms with Crippen molar-refractivity contribution in [3.05, 3.63) is 60.8 Å². The number of hydrogen-bond donors (Lipinski definition) is 4. The molecule has 5 heteroatoms. The summed E-state index contributed by atoms with van der Waals surface area (Å²) in [6.45, 7) is 4.16. The van der Waals surface area contributed by atoms with E-state index < -0.39 is 18.2 Å². The van der Waals surface area contributed by atoms with Crippen LogP contribution in [0, 0.1) is 0 Å². The molecular weight excluding hydrogens is 510 g/mol. The first-order chi connectivity index (χ1) is 20.0. The number of nitrogens with one attached hydrogen (secondary N) is 1. The Morgan fingerprint density at radius 3 is 1.95 bits per heavy atom. The van der Waals surface area contributed by atoms with Crippen LogP contribution < -0.4 is 5.32 Å². The van der Waals surface area contributed by atoms with Crippen LogP contribution in [0.3, 0.4) is 0 Å². The average molecular weight is 574 g/mol. The summed E-state index contributed by atoms with van der Waals surface area (Å²) in [5.41, 5.74) is 0. The maximum atomic E-state index is 12.2. The first-order valence-corrected chi connectivity index (χ1v) is 16.6. The van der Waals surface area contributed by atoms with Gasteiger partial charge in [0.05, 0.1) is 24.9 Å². The quantitative estimate of drug-likeness (QED) is 0.0430. The average Bonchev–Trinajstić information content (AvgIpc) is 2.97. The molecule has 0 aliphatic heterocycles. The third-order valence-corrected chi connectivity index (χ3v) is 7.08. The Bertz CT molecular complexity index is 725. The number of unbranched alkanes of at least 4 members (excludes halogenated alkanes) is 13. The highest BCUT2D eigenvalue weighted by atomic mass is 16.3. The van der Waals surface area contributed by atoms with Gasteiger partial charge in [0.15, 0.2) is 0 Å². The molecule has 41 heavy (non-hydrogen) atoms. The van der Waals surface area contributed by atoms with Crippen LogP contribution in [0.15, 0.2) is 60.8 Å². The molecule has 0 aromatic heterocycles. The van der Waals surface area contributed by atoms with E-state index in [-0.39, 0.29) is 12.5 Å². The fraction of sp³-hybridized carbons (Fsp3) is 0.694. The van der Waals surface area contributed by atoms with E-state index in [9.17, 15) is 20.1 Å². The third-order valence-electron chi connectivity index (χ3n) is 7.08. The lowest BCUT2D eigenvalue weighted by Gasteiger charge is -2.19. The van der Waals surface area contributed by atoms with Crippen molar-refractivity contribution in [2.75, 3.05) is 6.61 Å². The zero-order valence-electron chi connectivity index (χ0n) is 26.4. The smallest absolute Gasteiger partial charge is 0.220 e. The molecule has 0 saturated carbocycles. The maximum absolute atomic E-state index is 12.2. The van der Waals surface area contributed by atoms with Crippen LogP contribution in [-0.4, -0.2) is 46.1 Å². The molecule has 4 N–H and O–H groups in total. The standard InChI is InChI=1S/C36H63NO4/c1-3-5-7-9-11-13-14-16-18-22-26-30-35(40)34(32-38)37-36(41)31-27-23-19-21-25-29-33(39)28-24-20-17-15-12-10-8-6-4-2/h12,15,19-21,24-26,29-30,33-35,38-40H,3-11,13-14,16-18,22-23,27-28,31-32H2,1-2H3,(H,37,41)/b15-12-,21-19+,24-20-,29-25-,30-26+/t33?,34-,35+/m0/s1. The summed E-state index contributed by atoms with van der Waals surface area (Å²) in [4.78, 5) is 12.2. The Labute approximate surface area is 252 Å². The minimum absolute atomic E-state index is 0.169. The monoisotopic (exact) mass is 573 g/mol. The first kappa shape index (κ1) is 39.0. The van der Waals surface area contributed by atoms with E-state index in [4.69, 9.17) is 0 Å². The highest BCUT2D eigenvalue weighted by Crippen LogP contribution is 2.11. The van der Waals surface area contributed by atoms with Crippen LogP contribution in [0.1, 0.15) is 136 Å². The predicted octanol–water partition coefficient (Wildman–Crippen LogP) is 8.42. The van der Waals surface area contributed by atoms with Gasteiger partial charge in [0.2, 0.25) is 5.91 Å². The van der Waals surface area contributed by atoms with E-state index in [1.165, 1.54) is 70.6 Å². The molecular formula is C36H63NO4. The molecule has 0 rings (SSSR count). The van der Waals surface area contributed by atoms with Crippen molar-refractivity contribution >= 4 is 5.91 Å². The van der Waals surface area contributed by atoms with Crippen molar-refractivity contribution in [2.24, 2.45) is 0 Å². The van der Waals surface area contributed by atoms with Crippen molar-refractivity contribution in [3.63, 3.8) is 0 Å². The molecule has 0 bridgehead atoms. The van der Waals surface area contributed by atoms with E-state index in [1.807, 2.05) is 30.4 Å². The van der Waals surface area contributed by atoms with Crippen LogP contribution in [-0.2, 0) is 4.79 Å². The van der Waals surface area contributed by atoms with Crippen molar-refractivity contribution in [3.8, 4) is 0 Å². The molecule has 0 saturated heterocycles. The minimum Gasteiger partial charge on any atom is -0.394 e. The first-order valence-electron chi connectivity index (χ1n) is 16.6. The molecule has 236 valence electrons. The van der Waals surface area contributed by atoms with Crippen LogP contribution in [0.2, 0.25) is 0 Å². The Balaban J connectivity index is 3.94. The number of carbonyl (C=O) groups is 1. The largest absolute Gasteiger partial charge is 0.394 e. The molecule has 0 spiro atoms. The summed E-state index contributed by atoms with van der Waals surface area (Å²) in [6, 6.07) is -0.683. The van der Waals surface area contributed by atoms with Crippen LogP contribution in [0.25, 0.3) is 0 Å². The molecule has 1 amide bonds. The Morgan fingerprint density at radius 1 is 0.659 bits per heavy atom. The van der Waals surface area contributed by atoms with Crippen molar-refractivity contribution < 1.29 is 20.1 Å². The second-order valence-corrected chi connectivity index (χ2v) is 11.1. The number of carbonyl (C=O) groups excluding carboxylic acids is 1. The van der Waals surface area contributed by atoms with Gasteiger partial charge in [-0.15, -0.1) is 0 Å². The number of aliphatic hydroxyl groups is 3. The normalized spacial score (nSPS) is 14.8. The fourth-order valence-corrected chi connectivity index (χ4v) is 4.42. The predicted molar refractivity (Wildman–Crippen MR) is 176 cm³/mol. The van der Waals surface area contributed by atoms with Crippen LogP contribution in [0.4, 0.5) is 0 Å². The Morgan fingerprint density at radius 2 is 1.24 bits per heavy atom. The van der Waals surface area contributed by atoms with Gasteiger partial charge in [0.1, 0.15) is 0 Å². The van der Waals surface area contributed by atoms with Gasteiger partial charge in [0.25, 0.3) is 0 Å². The summed E-state index contributed by atoms with van der Waals surface area (Å²) < 4.78 is 0. The Kier molecular flexibility index (Phi) is 29.5. The number of allylic oxidation sites excluding steroid dienone is 7. The minimum atomic E-state index is -0.888. The van der Waals surface area contributed by atoms with Crippen molar-refractivity contribution in [2.45, 2.75) is 154 Å². The lowest BCUT2D eigenvalue weighted by atomic mass is 10.1. The molecule has 0 aliphatic rings. The topological polar surface area (TPSA) is 89.8 Å². The molecule has 0 aromatic carbocycles. The highest BCUT2D eigenvalue weighted by molar-refractivity contribution is 5.76. The molecule has 0 fully saturated rings. The van der Waals surface area contributed by atoms with Gasteiger partial charge >= 0.3 is 0 Å². The van der Waals surface area contributed by atoms with Gasteiger partial charge in [-0.05, 0) is 51.4 Å². The number of rotatable bonds is 28. The van der Waals surface area contributed by atoms with E-state index in [0.29, 0.717) is 19.3 Å². The lowest BCUT2D eigenvalue weighted by Crippen LogP contribution is -2.45. The van der Waals surface area contributed by atoms with Gasteiger partial charge in [-0.3, -0.25) is 4.79 Å². The molecule has 5 nitrogen and oxygen atoms in total. The molecule has 1 unspecified atom stereocenters. The van der Waals surface area contributed by atoms with Crippen molar-refractivity contribution in [1.82, 2.24) is 5.32 Å². The zero-order valence-corrected chi connectivity index (χ0v) is 26.4. The maximum Gasteiger partial charge on any atom is 0.220 e. The van der Waals surface area contributed by atoms with Gasteiger partial charge in [-0.2, -0.15) is 0 Å². The fourth-order valence-electron chi connectivity index (χ4n) is 4.42.